The number of methoxy groups -OCH3 is 1. The van der Waals surface area contributed by atoms with Gasteiger partial charge in [0.1, 0.15) is 6.07 Å². The van der Waals surface area contributed by atoms with Crippen LogP contribution < -0.4 is 10.1 Å². The van der Waals surface area contributed by atoms with Gasteiger partial charge in [-0.15, -0.1) is 0 Å². The normalized spacial score (nSPS) is 10.7. The number of rotatable bonds is 9. The maximum atomic E-state index is 14.8. The first-order chi connectivity index (χ1) is 15.0. The summed E-state index contributed by atoms with van der Waals surface area (Å²) < 4.78 is 21.5. The fraction of sp³-hybridized carbons (Fsp3) is 0.261. The molecule has 0 atom stereocenters. The van der Waals surface area contributed by atoms with Crippen molar-refractivity contribution in [3.8, 4) is 22.9 Å². The number of aromatic nitrogens is 2. The van der Waals surface area contributed by atoms with Gasteiger partial charge in [-0.3, -0.25) is 4.79 Å². The predicted molar refractivity (Wildman–Crippen MR) is 113 cm³/mol. The van der Waals surface area contributed by atoms with Crippen LogP contribution in [0.15, 0.2) is 42.6 Å². The highest BCUT2D eigenvalue weighted by atomic mass is 19.1. The molecule has 3 rings (SSSR count). The zero-order valence-electron chi connectivity index (χ0n) is 17.4. The Morgan fingerprint density at radius 1 is 1.29 bits per heavy atom. The summed E-state index contributed by atoms with van der Waals surface area (Å²) in [5, 5.41) is 21.7. The number of ether oxygens (including phenoxy) is 1. The molecule has 3 aromatic rings. The Kier molecular flexibility index (Phi) is 7.13. The SMILES string of the molecule is COc1cccc(-c2cccc(CC(=O)c3ncc(CNCCO)n3C)c2C#N)c1F. The lowest BCUT2D eigenvalue weighted by atomic mass is 9.93. The minimum Gasteiger partial charge on any atom is -0.494 e. The number of ketones is 1. The lowest BCUT2D eigenvalue weighted by Gasteiger charge is -2.12. The molecule has 0 saturated heterocycles. The average molecular weight is 422 g/mol. The largest absolute Gasteiger partial charge is 0.494 e. The van der Waals surface area contributed by atoms with Crippen LogP contribution in [-0.4, -0.2) is 40.7 Å². The van der Waals surface area contributed by atoms with Gasteiger partial charge < -0.3 is 19.7 Å². The number of aliphatic hydroxyl groups excluding tert-OH is 1. The van der Waals surface area contributed by atoms with Gasteiger partial charge >= 0.3 is 0 Å². The summed E-state index contributed by atoms with van der Waals surface area (Å²) >= 11 is 0. The summed E-state index contributed by atoms with van der Waals surface area (Å²) in [4.78, 5) is 17.1. The van der Waals surface area contributed by atoms with Crippen molar-refractivity contribution < 1.29 is 19.0 Å². The van der Waals surface area contributed by atoms with Crippen molar-refractivity contribution in [2.75, 3.05) is 20.3 Å². The van der Waals surface area contributed by atoms with Gasteiger partial charge in [0.2, 0.25) is 5.78 Å². The first-order valence-electron chi connectivity index (χ1n) is 9.72. The van der Waals surface area contributed by atoms with E-state index < -0.39 is 5.82 Å². The van der Waals surface area contributed by atoms with Gasteiger partial charge in [0.25, 0.3) is 0 Å². The van der Waals surface area contributed by atoms with Gasteiger partial charge in [-0.05, 0) is 11.6 Å². The van der Waals surface area contributed by atoms with Crippen LogP contribution in [0.25, 0.3) is 11.1 Å². The highest BCUT2D eigenvalue weighted by Crippen LogP contribution is 2.32. The number of halogens is 1. The van der Waals surface area contributed by atoms with Crippen LogP contribution in [0.3, 0.4) is 0 Å². The Labute approximate surface area is 179 Å². The molecular formula is C23H23FN4O3. The van der Waals surface area contributed by atoms with Crippen molar-refractivity contribution in [1.82, 2.24) is 14.9 Å². The number of hydrogen-bond acceptors (Lipinski definition) is 6. The Morgan fingerprint density at radius 2 is 2.03 bits per heavy atom. The van der Waals surface area contributed by atoms with Crippen LogP contribution in [0.5, 0.6) is 5.75 Å². The summed E-state index contributed by atoms with van der Waals surface area (Å²) in [5.74, 6) is -0.467. The summed E-state index contributed by atoms with van der Waals surface area (Å²) in [6, 6.07) is 11.9. The van der Waals surface area contributed by atoms with E-state index >= 15 is 0 Å². The van der Waals surface area contributed by atoms with Crippen molar-refractivity contribution >= 4 is 5.78 Å². The van der Waals surface area contributed by atoms with Crippen molar-refractivity contribution in [3.05, 3.63) is 71.1 Å². The quantitative estimate of drug-likeness (QED) is 0.406. The highest BCUT2D eigenvalue weighted by molar-refractivity contribution is 5.95. The topological polar surface area (TPSA) is 100 Å². The van der Waals surface area contributed by atoms with E-state index in [0.717, 1.165) is 5.69 Å². The molecule has 7 nitrogen and oxygen atoms in total. The molecule has 0 amide bonds. The molecule has 2 N–H and O–H groups in total. The molecule has 0 fully saturated rings. The van der Waals surface area contributed by atoms with E-state index in [1.807, 2.05) is 0 Å². The van der Waals surface area contributed by atoms with E-state index in [9.17, 15) is 14.4 Å². The molecule has 8 heteroatoms. The van der Waals surface area contributed by atoms with Crippen LogP contribution in [0.4, 0.5) is 4.39 Å². The third-order valence-corrected chi connectivity index (χ3v) is 5.02. The number of Topliss-reactive ketones (excluding diaryl/α,β-unsaturated/α-hetero) is 1. The third kappa shape index (κ3) is 4.63. The fourth-order valence-electron chi connectivity index (χ4n) is 3.40. The molecular weight excluding hydrogens is 399 g/mol. The number of aliphatic hydroxyl groups is 1. The molecule has 0 aliphatic rings. The third-order valence-electron chi connectivity index (χ3n) is 5.02. The lowest BCUT2D eigenvalue weighted by molar-refractivity contribution is 0.0979. The van der Waals surface area contributed by atoms with Gasteiger partial charge in [0.15, 0.2) is 17.4 Å². The molecule has 31 heavy (non-hydrogen) atoms. The van der Waals surface area contributed by atoms with E-state index in [1.54, 1.807) is 48.1 Å². The maximum absolute atomic E-state index is 14.8. The summed E-state index contributed by atoms with van der Waals surface area (Å²) in [6.45, 7) is 0.920. The van der Waals surface area contributed by atoms with Gasteiger partial charge in [-0.25, -0.2) is 9.37 Å². The van der Waals surface area contributed by atoms with E-state index in [0.29, 0.717) is 24.2 Å². The fourth-order valence-corrected chi connectivity index (χ4v) is 3.40. The number of imidazole rings is 1. The minimum absolute atomic E-state index is 0.0187. The molecule has 0 unspecified atom stereocenters. The van der Waals surface area contributed by atoms with E-state index in [-0.39, 0.29) is 41.5 Å². The standard InChI is InChI=1S/C23H23FN4O3/c1-28-16(13-26-9-10-29)14-27-23(28)20(30)11-15-5-3-6-17(19(15)12-25)18-7-4-8-21(31-2)22(18)24/h3-8,14,26,29H,9-11,13H2,1-2H3. The zero-order chi connectivity index (χ0) is 22.4. The first kappa shape index (κ1) is 22.2. The Morgan fingerprint density at radius 3 is 2.74 bits per heavy atom. The van der Waals surface area contributed by atoms with Crippen LogP contribution in [0, 0.1) is 17.1 Å². The van der Waals surface area contributed by atoms with Crippen LogP contribution in [-0.2, 0) is 20.0 Å². The maximum Gasteiger partial charge on any atom is 0.202 e. The number of benzene rings is 2. The zero-order valence-corrected chi connectivity index (χ0v) is 17.4. The summed E-state index contributed by atoms with van der Waals surface area (Å²) in [7, 11) is 3.12. The van der Waals surface area contributed by atoms with Crippen molar-refractivity contribution in [2.24, 2.45) is 7.05 Å². The van der Waals surface area contributed by atoms with E-state index in [4.69, 9.17) is 9.84 Å². The Bertz CT molecular complexity index is 1130. The van der Waals surface area contributed by atoms with Gasteiger partial charge in [0, 0.05) is 37.7 Å². The molecule has 160 valence electrons. The van der Waals surface area contributed by atoms with E-state index in [2.05, 4.69) is 16.4 Å². The van der Waals surface area contributed by atoms with Crippen molar-refractivity contribution in [3.63, 3.8) is 0 Å². The summed E-state index contributed by atoms with van der Waals surface area (Å²) in [5.41, 5.74) is 2.17. The smallest absolute Gasteiger partial charge is 0.202 e. The molecule has 0 bridgehead atoms. The number of nitrogens with zero attached hydrogens (tertiary/aromatic N) is 3. The minimum atomic E-state index is -0.561. The van der Waals surface area contributed by atoms with Crippen LogP contribution in [0.2, 0.25) is 0 Å². The second kappa shape index (κ2) is 9.98. The molecule has 0 saturated carbocycles. The molecule has 0 spiro atoms. The van der Waals surface area contributed by atoms with Gasteiger partial charge in [0.05, 0.1) is 31.2 Å². The van der Waals surface area contributed by atoms with Gasteiger partial charge in [-0.2, -0.15) is 5.26 Å². The van der Waals surface area contributed by atoms with Crippen LogP contribution >= 0.6 is 0 Å². The molecule has 0 radical (unpaired) electrons. The molecule has 1 heterocycles. The Balaban J connectivity index is 1.91. The molecule has 2 aromatic carbocycles. The second-order valence-corrected chi connectivity index (χ2v) is 6.91. The first-order valence-corrected chi connectivity index (χ1v) is 9.72. The average Bonchev–Trinajstić information content (AvgIpc) is 3.14. The number of nitriles is 1. The Hall–Kier alpha value is -3.54. The molecule has 0 aliphatic heterocycles. The van der Waals surface area contributed by atoms with Crippen molar-refractivity contribution in [1.29, 1.82) is 5.26 Å². The molecule has 1 aromatic heterocycles. The van der Waals surface area contributed by atoms with Gasteiger partial charge in [-0.1, -0.05) is 30.3 Å². The van der Waals surface area contributed by atoms with Crippen LogP contribution in [0.1, 0.15) is 27.4 Å². The monoisotopic (exact) mass is 422 g/mol. The number of carbonyl (C=O) groups excluding carboxylic acids is 1. The number of hydrogen-bond donors (Lipinski definition) is 2. The predicted octanol–water partition coefficient (Wildman–Crippen LogP) is 2.61. The van der Waals surface area contributed by atoms with Crippen molar-refractivity contribution in [2.45, 2.75) is 13.0 Å². The molecule has 0 aliphatic carbocycles. The number of nitrogens with one attached hydrogen (secondary N) is 1. The van der Waals surface area contributed by atoms with E-state index in [1.165, 1.54) is 13.2 Å². The highest BCUT2D eigenvalue weighted by Gasteiger charge is 2.20. The lowest BCUT2D eigenvalue weighted by Crippen LogP contribution is -2.20. The summed E-state index contributed by atoms with van der Waals surface area (Å²) in [6.07, 6.45) is 1.56. The second-order valence-electron chi connectivity index (χ2n) is 6.91. The number of carbonyl (C=O) groups is 1.